The molecule has 0 atom stereocenters. The first-order chi connectivity index (χ1) is 8.00. The van der Waals surface area contributed by atoms with E-state index in [1.165, 1.54) is 0 Å². The molecule has 0 aliphatic rings. The predicted molar refractivity (Wildman–Crippen MR) is 50.8 cm³/mol. The van der Waals surface area contributed by atoms with Gasteiger partial charge in [-0.2, -0.15) is 13.2 Å². The lowest BCUT2D eigenvalue weighted by Gasteiger charge is -2.10. The van der Waals surface area contributed by atoms with Gasteiger partial charge in [0.05, 0.1) is 26.4 Å². The number of aromatic nitrogens is 3. The molecule has 3 N–H and O–H groups in total. The fraction of sp³-hybridized carbons (Fsp3) is 0.750. The molecule has 0 saturated heterocycles. The molecule has 17 heavy (non-hydrogen) atoms. The molecule has 0 spiro atoms. The van der Waals surface area contributed by atoms with Crippen molar-refractivity contribution in [3.05, 3.63) is 11.4 Å². The number of alkyl halides is 3. The van der Waals surface area contributed by atoms with E-state index in [0.717, 1.165) is 0 Å². The molecular formula is C8H13F3N4O2. The van der Waals surface area contributed by atoms with Gasteiger partial charge in [-0.1, -0.05) is 5.21 Å². The molecule has 9 heteroatoms. The zero-order chi connectivity index (χ0) is 12.9. The summed E-state index contributed by atoms with van der Waals surface area (Å²) in [6, 6.07) is 0. The van der Waals surface area contributed by atoms with Crippen LogP contribution in [-0.2, 0) is 24.0 Å². The van der Waals surface area contributed by atoms with Gasteiger partial charge in [-0.3, -0.25) is 0 Å². The van der Waals surface area contributed by atoms with E-state index in [1.54, 1.807) is 0 Å². The third-order valence-corrected chi connectivity index (χ3v) is 1.95. The van der Waals surface area contributed by atoms with Crippen LogP contribution in [0.15, 0.2) is 0 Å². The van der Waals surface area contributed by atoms with Crippen molar-refractivity contribution in [1.82, 2.24) is 15.0 Å². The lowest BCUT2D eigenvalue weighted by atomic mass is 10.3. The Bertz CT molecular complexity index is 353. The molecule has 1 heterocycles. The minimum Gasteiger partial charge on any atom is -0.394 e. The van der Waals surface area contributed by atoms with Gasteiger partial charge in [0.15, 0.2) is 5.69 Å². The fourth-order valence-electron chi connectivity index (χ4n) is 1.27. The van der Waals surface area contributed by atoms with Crippen LogP contribution in [0.4, 0.5) is 13.2 Å². The molecule has 0 fully saturated rings. The monoisotopic (exact) mass is 254 g/mol. The smallest absolute Gasteiger partial charge is 0.394 e. The van der Waals surface area contributed by atoms with Crippen LogP contribution in [0.3, 0.4) is 0 Å². The number of hydrogen-bond donors (Lipinski definition) is 2. The highest BCUT2D eigenvalue weighted by Gasteiger charge is 2.38. The number of ether oxygens (including phenoxy) is 1. The van der Waals surface area contributed by atoms with E-state index in [1.807, 2.05) is 0 Å². The summed E-state index contributed by atoms with van der Waals surface area (Å²) in [5.74, 6) is 0. The minimum atomic E-state index is -4.55. The van der Waals surface area contributed by atoms with Gasteiger partial charge in [0, 0.05) is 6.54 Å². The number of aliphatic hydroxyl groups excluding tert-OH is 1. The van der Waals surface area contributed by atoms with Gasteiger partial charge >= 0.3 is 6.18 Å². The van der Waals surface area contributed by atoms with Gasteiger partial charge in [0.25, 0.3) is 0 Å². The standard InChI is InChI=1S/C8H13F3N4O2/c9-8(10,11)7-6(5-12)13-14-15(7)1-3-17-4-2-16/h16H,1-5,12H2. The zero-order valence-corrected chi connectivity index (χ0v) is 8.94. The molecule has 0 saturated carbocycles. The van der Waals surface area contributed by atoms with E-state index in [4.69, 9.17) is 15.6 Å². The molecule has 1 aromatic rings. The summed E-state index contributed by atoms with van der Waals surface area (Å²) in [5.41, 5.74) is 3.91. The van der Waals surface area contributed by atoms with E-state index in [9.17, 15) is 13.2 Å². The van der Waals surface area contributed by atoms with Crippen LogP contribution in [0.5, 0.6) is 0 Å². The average Bonchev–Trinajstić information content (AvgIpc) is 2.67. The number of rotatable bonds is 6. The van der Waals surface area contributed by atoms with Crippen molar-refractivity contribution >= 4 is 0 Å². The number of nitrogens with zero attached hydrogens (tertiary/aromatic N) is 3. The second-order valence-electron chi connectivity index (χ2n) is 3.15. The topological polar surface area (TPSA) is 86.2 Å². The van der Waals surface area contributed by atoms with Crippen molar-refractivity contribution < 1.29 is 23.0 Å². The van der Waals surface area contributed by atoms with E-state index < -0.39 is 11.9 Å². The van der Waals surface area contributed by atoms with E-state index >= 15 is 0 Å². The van der Waals surface area contributed by atoms with Gasteiger partial charge in [0.2, 0.25) is 0 Å². The summed E-state index contributed by atoms with van der Waals surface area (Å²) in [7, 11) is 0. The molecule has 6 nitrogen and oxygen atoms in total. The molecule has 0 unspecified atom stereocenters. The van der Waals surface area contributed by atoms with Crippen LogP contribution >= 0.6 is 0 Å². The van der Waals surface area contributed by atoms with Crippen molar-refractivity contribution in [3.63, 3.8) is 0 Å². The largest absolute Gasteiger partial charge is 0.434 e. The maximum Gasteiger partial charge on any atom is 0.434 e. The van der Waals surface area contributed by atoms with Crippen molar-refractivity contribution in [2.24, 2.45) is 5.73 Å². The third kappa shape index (κ3) is 3.65. The molecular weight excluding hydrogens is 241 g/mol. The van der Waals surface area contributed by atoms with E-state index in [0.29, 0.717) is 4.68 Å². The van der Waals surface area contributed by atoms with Crippen molar-refractivity contribution in [3.8, 4) is 0 Å². The van der Waals surface area contributed by atoms with Gasteiger partial charge < -0.3 is 15.6 Å². The first kappa shape index (κ1) is 13.9. The number of nitrogens with two attached hydrogens (primary N) is 1. The number of aliphatic hydroxyl groups is 1. The van der Waals surface area contributed by atoms with Crippen LogP contribution in [0.2, 0.25) is 0 Å². The highest BCUT2D eigenvalue weighted by molar-refractivity contribution is 5.13. The van der Waals surface area contributed by atoms with Crippen LogP contribution < -0.4 is 5.73 Å². The van der Waals surface area contributed by atoms with E-state index in [-0.39, 0.29) is 38.6 Å². The molecule has 0 amide bonds. The van der Waals surface area contributed by atoms with Gasteiger partial charge in [-0.15, -0.1) is 5.10 Å². The van der Waals surface area contributed by atoms with Crippen molar-refractivity contribution in [1.29, 1.82) is 0 Å². The maximum atomic E-state index is 12.7. The Morgan fingerprint density at radius 1 is 1.35 bits per heavy atom. The second kappa shape index (κ2) is 5.94. The normalized spacial score (nSPS) is 12.1. The van der Waals surface area contributed by atoms with Crippen molar-refractivity contribution in [2.45, 2.75) is 19.3 Å². The van der Waals surface area contributed by atoms with Gasteiger partial charge in [0.1, 0.15) is 5.69 Å². The third-order valence-electron chi connectivity index (χ3n) is 1.95. The molecule has 0 aliphatic carbocycles. The molecule has 0 radical (unpaired) electrons. The molecule has 0 aliphatic heterocycles. The Morgan fingerprint density at radius 3 is 2.59 bits per heavy atom. The van der Waals surface area contributed by atoms with Crippen LogP contribution in [0, 0.1) is 0 Å². The summed E-state index contributed by atoms with van der Waals surface area (Å²) in [6.07, 6.45) is -4.55. The van der Waals surface area contributed by atoms with Crippen molar-refractivity contribution in [2.75, 3.05) is 19.8 Å². The first-order valence-corrected chi connectivity index (χ1v) is 4.89. The summed E-state index contributed by atoms with van der Waals surface area (Å²) in [6.45, 7) is -0.525. The summed E-state index contributed by atoms with van der Waals surface area (Å²) in [5, 5.41) is 15.2. The number of hydrogen-bond acceptors (Lipinski definition) is 5. The predicted octanol–water partition coefficient (Wildman–Crippen LogP) is -0.235. The fourth-order valence-corrected chi connectivity index (χ4v) is 1.27. The lowest BCUT2D eigenvalue weighted by Crippen LogP contribution is -2.20. The quantitative estimate of drug-likeness (QED) is 0.684. The minimum absolute atomic E-state index is 0.0109. The Balaban J connectivity index is 2.75. The van der Waals surface area contributed by atoms with Crippen LogP contribution in [0.1, 0.15) is 11.4 Å². The molecule has 98 valence electrons. The Kier molecular flexibility index (Phi) is 4.85. The van der Waals surface area contributed by atoms with Crippen LogP contribution in [0.25, 0.3) is 0 Å². The molecule has 1 aromatic heterocycles. The summed E-state index contributed by atoms with van der Waals surface area (Å²) >= 11 is 0. The number of halogens is 3. The summed E-state index contributed by atoms with van der Waals surface area (Å²) in [4.78, 5) is 0. The maximum absolute atomic E-state index is 12.7. The Morgan fingerprint density at radius 2 is 2.06 bits per heavy atom. The Hall–Kier alpha value is -1.19. The molecule has 1 rings (SSSR count). The Labute approximate surface area is 95.2 Å². The van der Waals surface area contributed by atoms with Crippen LogP contribution in [-0.4, -0.2) is 39.9 Å². The lowest BCUT2D eigenvalue weighted by molar-refractivity contribution is -0.145. The highest BCUT2D eigenvalue weighted by atomic mass is 19.4. The summed E-state index contributed by atoms with van der Waals surface area (Å²) < 4.78 is 43.6. The highest BCUT2D eigenvalue weighted by Crippen LogP contribution is 2.30. The SMILES string of the molecule is NCc1nnn(CCOCCO)c1C(F)(F)F. The zero-order valence-electron chi connectivity index (χ0n) is 8.94. The van der Waals surface area contributed by atoms with E-state index in [2.05, 4.69) is 10.3 Å². The van der Waals surface area contributed by atoms with Gasteiger partial charge in [-0.05, 0) is 0 Å². The van der Waals surface area contributed by atoms with Gasteiger partial charge in [-0.25, -0.2) is 4.68 Å². The second-order valence-corrected chi connectivity index (χ2v) is 3.15. The first-order valence-electron chi connectivity index (χ1n) is 4.89. The molecule has 0 aromatic carbocycles. The molecule has 0 bridgehead atoms. The average molecular weight is 254 g/mol.